The maximum Gasteiger partial charge on any atom is 0.307 e. The highest BCUT2D eigenvalue weighted by atomic mass is 32.3. The molecule has 0 aromatic heterocycles. The minimum atomic E-state index is -4.69. The van der Waals surface area contributed by atoms with E-state index in [9.17, 15) is 21.9 Å². The van der Waals surface area contributed by atoms with Crippen LogP contribution < -0.4 is 5.32 Å². The Morgan fingerprint density at radius 2 is 1.95 bits per heavy atom. The van der Waals surface area contributed by atoms with Crippen molar-refractivity contribution in [2.75, 3.05) is 13.1 Å². The Labute approximate surface area is 124 Å². The van der Waals surface area contributed by atoms with Gasteiger partial charge in [-0.05, 0) is 12.8 Å². The van der Waals surface area contributed by atoms with E-state index in [1.165, 1.54) is 11.3 Å². The average Bonchev–Trinajstić information content (AvgIpc) is 2.79. The van der Waals surface area contributed by atoms with Gasteiger partial charge in [0, 0.05) is 32.0 Å². The summed E-state index contributed by atoms with van der Waals surface area (Å²) in [5.41, 5.74) is 0. The highest BCUT2D eigenvalue weighted by Crippen LogP contribution is 2.20. The number of rotatable bonds is 5. The highest BCUT2D eigenvalue weighted by Gasteiger charge is 2.38. The summed E-state index contributed by atoms with van der Waals surface area (Å²) in [7, 11) is -4.69. The minimum Gasteiger partial charge on any atom is -0.353 e. The van der Waals surface area contributed by atoms with Crippen molar-refractivity contribution in [3.8, 4) is 0 Å². The van der Waals surface area contributed by atoms with Crippen molar-refractivity contribution < 1.29 is 21.9 Å². The zero-order valence-corrected chi connectivity index (χ0v) is 12.7. The van der Waals surface area contributed by atoms with Gasteiger partial charge in [-0.2, -0.15) is 8.42 Å². The van der Waals surface area contributed by atoms with Crippen molar-refractivity contribution in [1.82, 2.24) is 10.2 Å². The number of hydrogen-bond donors (Lipinski definition) is 1. The molecular weight excluding hydrogens is 299 g/mol. The fraction of sp³-hybridized carbons (Fsp3) is 0.846. The van der Waals surface area contributed by atoms with Gasteiger partial charge in [-0.3, -0.25) is 9.59 Å². The smallest absolute Gasteiger partial charge is 0.307 e. The van der Waals surface area contributed by atoms with Gasteiger partial charge in [0.2, 0.25) is 11.8 Å². The molecule has 0 spiro atoms. The third-order valence-electron chi connectivity index (χ3n) is 4.16. The molecule has 1 aliphatic carbocycles. The lowest BCUT2D eigenvalue weighted by atomic mass is 9.95. The molecule has 8 heteroatoms. The van der Waals surface area contributed by atoms with Gasteiger partial charge >= 0.3 is 10.2 Å². The summed E-state index contributed by atoms with van der Waals surface area (Å²) in [4.78, 5) is 24.7. The molecule has 1 atom stereocenters. The molecule has 1 heterocycles. The first-order chi connectivity index (χ1) is 9.86. The van der Waals surface area contributed by atoms with Crippen molar-refractivity contribution in [3.05, 3.63) is 0 Å². The van der Waals surface area contributed by atoms with Crippen LogP contribution in [0, 0.1) is 0 Å². The van der Waals surface area contributed by atoms with Gasteiger partial charge in [0.25, 0.3) is 0 Å². The lowest BCUT2D eigenvalue weighted by Crippen LogP contribution is -2.38. The fourth-order valence-corrected chi connectivity index (χ4v) is 3.62. The van der Waals surface area contributed by atoms with Gasteiger partial charge in [-0.15, -0.1) is 3.89 Å². The van der Waals surface area contributed by atoms with Crippen LogP contribution in [0.5, 0.6) is 0 Å². The van der Waals surface area contributed by atoms with Gasteiger partial charge in [0.05, 0.1) is 0 Å². The average molecular weight is 320 g/mol. The van der Waals surface area contributed by atoms with Gasteiger partial charge in [0.15, 0.2) is 0 Å². The third-order valence-corrected chi connectivity index (χ3v) is 5.27. The molecule has 0 bridgehead atoms. The van der Waals surface area contributed by atoms with Crippen molar-refractivity contribution in [1.29, 1.82) is 0 Å². The molecule has 1 unspecified atom stereocenters. The number of halogens is 1. The summed E-state index contributed by atoms with van der Waals surface area (Å²) in [5.74, 6) is -0.548. The molecule has 120 valence electrons. The molecule has 0 aromatic rings. The number of nitrogens with one attached hydrogen (secondary N) is 1. The summed E-state index contributed by atoms with van der Waals surface area (Å²) in [6, 6.07) is 0.208. The van der Waals surface area contributed by atoms with E-state index in [1.807, 2.05) is 0 Å². The molecule has 6 nitrogen and oxygen atoms in total. The fourth-order valence-electron chi connectivity index (χ4n) is 2.92. The molecular formula is C13H21FN2O4S. The summed E-state index contributed by atoms with van der Waals surface area (Å²) < 4.78 is 34.5. The van der Waals surface area contributed by atoms with Gasteiger partial charge in [0.1, 0.15) is 5.25 Å². The van der Waals surface area contributed by atoms with Crippen LogP contribution in [0.1, 0.15) is 44.9 Å². The molecule has 0 aromatic carbocycles. The van der Waals surface area contributed by atoms with E-state index in [1.54, 1.807) is 0 Å². The van der Waals surface area contributed by atoms with Crippen LogP contribution in [0.2, 0.25) is 0 Å². The molecule has 2 rings (SSSR count). The Morgan fingerprint density at radius 1 is 1.29 bits per heavy atom. The van der Waals surface area contributed by atoms with Crippen molar-refractivity contribution in [2.24, 2.45) is 0 Å². The molecule has 1 N–H and O–H groups in total. The predicted octanol–water partition coefficient (Wildman–Crippen LogP) is 0.726. The molecule has 1 saturated carbocycles. The van der Waals surface area contributed by atoms with E-state index >= 15 is 0 Å². The molecule has 0 radical (unpaired) electrons. The number of carbonyl (C=O) groups excluding carboxylic acids is 2. The first-order valence-corrected chi connectivity index (χ1v) is 8.81. The van der Waals surface area contributed by atoms with E-state index < -0.39 is 21.4 Å². The van der Waals surface area contributed by atoms with Crippen LogP contribution in [-0.4, -0.2) is 49.5 Å². The minimum absolute atomic E-state index is 0.126. The Kier molecular flexibility index (Phi) is 5.18. The highest BCUT2D eigenvalue weighted by molar-refractivity contribution is 7.87. The van der Waals surface area contributed by atoms with Crippen molar-refractivity contribution >= 4 is 22.0 Å². The van der Waals surface area contributed by atoms with Gasteiger partial charge in [-0.25, -0.2) is 0 Å². The first-order valence-electron chi connectivity index (χ1n) is 7.37. The second-order valence-corrected chi connectivity index (χ2v) is 7.41. The topological polar surface area (TPSA) is 83.6 Å². The number of likely N-dealkylation sites (tertiary alicyclic amines) is 1. The van der Waals surface area contributed by atoms with E-state index in [-0.39, 0.29) is 37.9 Å². The lowest BCUT2D eigenvalue weighted by Gasteiger charge is -2.23. The molecule has 2 aliphatic rings. The number of amides is 2. The Morgan fingerprint density at radius 3 is 2.52 bits per heavy atom. The van der Waals surface area contributed by atoms with Crippen molar-refractivity contribution in [2.45, 2.75) is 56.2 Å². The van der Waals surface area contributed by atoms with E-state index in [0.717, 1.165) is 25.7 Å². The van der Waals surface area contributed by atoms with Crippen LogP contribution in [0.25, 0.3) is 0 Å². The predicted molar refractivity (Wildman–Crippen MR) is 74.6 cm³/mol. The zero-order valence-electron chi connectivity index (χ0n) is 11.9. The number of nitrogens with zero attached hydrogens (tertiary/aromatic N) is 1. The summed E-state index contributed by atoms with van der Waals surface area (Å²) in [6.07, 6.45) is 5.20. The zero-order chi connectivity index (χ0) is 15.5. The van der Waals surface area contributed by atoms with Crippen LogP contribution in [0.3, 0.4) is 0 Å². The number of carbonyl (C=O) groups is 2. The largest absolute Gasteiger partial charge is 0.353 e. The van der Waals surface area contributed by atoms with Gasteiger partial charge < -0.3 is 10.2 Å². The van der Waals surface area contributed by atoms with Crippen LogP contribution in [-0.2, 0) is 19.8 Å². The van der Waals surface area contributed by atoms with Crippen LogP contribution in [0.15, 0.2) is 0 Å². The van der Waals surface area contributed by atoms with E-state index in [4.69, 9.17) is 0 Å². The standard InChI is InChI=1S/C13H21FN2O4S/c14-21(19,20)11-8-13(18)16(9-11)7-6-12(17)15-10-4-2-1-3-5-10/h10-11H,1-9H2,(H,15,17). The maximum atomic E-state index is 12.9. The van der Waals surface area contributed by atoms with Gasteiger partial charge in [-0.1, -0.05) is 19.3 Å². The van der Waals surface area contributed by atoms with Crippen LogP contribution in [0.4, 0.5) is 3.89 Å². The second-order valence-electron chi connectivity index (χ2n) is 5.79. The molecule has 2 fully saturated rings. The lowest BCUT2D eigenvalue weighted by molar-refractivity contribution is -0.128. The Hall–Kier alpha value is -1.18. The van der Waals surface area contributed by atoms with Crippen molar-refractivity contribution in [3.63, 3.8) is 0 Å². The van der Waals surface area contributed by atoms with E-state index in [0.29, 0.717) is 0 Å². The quantitative estimate of drug-likeness (QED) is 0.757. The maximum absolute atomic E-state index is 12.9. The van der Waals surface area contributed by atoms with Crippen LogP contribution >= 0.6 is 0 Å². The van der Waals surface area contributed by atoms with E-state index in [2.05, 4.69) is 5.32 Å². The molecule has 1 saturated heterocycles. The monoisotopic (exact) mass is 320 g/mol. The first kappa shape index (κ1) is 16.2. The molecule has 21 heavy (non-hydrogen) atoms. The summed E-state index contributed by atoms with van der Waals surface area (Å²) >= 11 is 0. The third kappa shape index (κ3) is 4.66. The normalized spacial score (nSPS) is 24.3. The molecule has 1 aliphatic heterocycles. The summed E-state index contributed by atoms with van der Waals surface area (Å²) in [5, 5.41) is 1.64. The second kappa shape index (κ2) is 6.72. The SMILES string of the molecule is O=C(CCN1CC(S(=O)(=O)F)CC1=O)NC1CCCCC1. The Bertz CT molecular complexity index is 502. The number of hydrogen-bond acceptors (Lipinski definition) is 4. The summed E-state index contributed by atoms with van der Waals surface area (Å²) in [6.45, 7) is -0.0161. The molecule has 2 amide bonds. The Balaban J connectivity index is 1.75.